The smallest absolute Gasteiger partial charge is 0.259 e. The highest BCUT2D eigenvalue weighted by Crippen LogP contribution is 2.45. The maximum atomic E-state index is 13.7. The number of aromatic nitrogens is 1. The number of hydrogen-bond donors (Lipinski definition) is 1. The molecule has 1 N–H and O–H groups in total. The van der Waals surface area contributed by atoms with Crippen molar-refractivity contribution in [1.82, 2.24) is 4.57 Å². The second-order valence-corrected chi connectivity index (χ2v) is 13.1. The van der Waals surface area contributed by atoms with Crippen LogP contribution in [-0.2, 0) is 12.8 Å². The summed E-state index contributed by atoms with van der Waals surface area (Å²) >= 11 is 1.69. The van der Waals surface area contributed by atoms with Crippen molar-refractivity contribution >= 4 is 34.1 Å². The summed E-state index contributed by atoms with van der Waals surface area (Å²) in [6.45, 7) is 15.6. The Morgan fingerprint density at radius 1 is 1.03 bits per heavy atom. The van der Waals surface area contributed by atoms with E-state index in [1.54, 1.807) is 11.3 Å². The van der Waals surface area contributed by atoms with Gasteiger partial charge in [0.25, 0.3) is 5.91 Å². The van der Waals surface area contributed by atoms with Crippen molar-refractivity contribution in [3.8, 4) is 5.69 Å². The van der Waals surface area contributed by atoms with Gasteiger partial charge in [-0.3, -0.25) is 4.79 Å². The molecule has 4 nitrogen and oxygen atoms in total. The molecule has 1 atom stereocenters. The zero-order chi connectivity index (χ0) is 27.9. The van der Waals surface area contributed by atoms with Crippen LogP contribution in [0.4, 0.5) is 10.7 Å². The van der Waals surface area contributed by atoms with E-state index in [0.29, 0.717) is 5.92 Å². The number of carbonyl (C=O) groups excluding carboxylic acids is 1. The van der Waals surface area contributed by atoms with Crippen LogP contribution in [0.25, 0.3) is 5.69 Å². The van der Waals surface area contributed by atoms with E-state index in [2.05, 4.69) is 82.6 Å². The molecule has 5 heteroatoms. The number of thiophene rings is 1. The molecule has 202 valence electrons. The molecule has 1 aliphatic carbocycles. The van der Waals surface area contributed by atoms with Crippen molar-refractivity contribution < 1.29 is 4.79 Å². The first-order chi connectivity index (χ1) is 18.5. The highest BCUT2D eigenvalue weighted by atomic mass is 32.1. The molecule has 0 radical (unpaired) electrons. The fraction of sp³-hybridized carbons (Fsp3) is 0.353. The van der Waals surface area contributed by atoms with Gasteiger partial charge in [0.05, 0.1) is 11.3 Å². The van der Waals surface area contributed by atoms with Crippen LogP contribution in [0.3, 0.4) is 0 Å². The van der Waals surface area contributed by atoms with Crippen LogP contribution in [-0.4, -0.2) is 16.7 Å². The molecule has 0 unspecified atom stereocenters. The van der Waals surface area contributed by atoms with Gasteiger partial charge in [-0.25, -0.2) is 4.99 Å². The average Bonchev–Trinajstić information content (AvgIpc) is 3.39. The minimum absolute atomic E-state index is 0.0685. The van der Waals surface area contributed by atoms with Crippen LogP contribution in [0.5, 0.6) is 0 Å². The minimum Gasteiger partial charge on any atom is -0.322 e. The third-order valence-electron chi connectivity index (χ3n) is 8.18. The maximum Gasteiger partial charge on any atom is 0.259 e. The first-order valence-corrected chi connectivity index (χ1v) is 14.7. The van der Waals surface area contributed by atoms with Crippen molar-refractivity contribution in [2.75, 3.05) is 5.32 Å². The number of aliphatic imine (C=N–C) groups is 1. The van der Waals surface area contributed by atoms with E-state index in [0.717, 1.165) is 46.8 Å². The number of fused-ring (bicyclic) bond motifs is 1. The lowest BCUT2D eigenvalue weighted by Crippen LogP contribution is -2.27. The molecule has 0 saturated heterocycles. The van der Waals surface area contributed by atoms with E-state index in [4.69, 9.17) is 4.99 Å². The van der Waals surface area contributed by atoms with Crippen LogP contribution in [0.15, 0.2) is 59.6 Å². The van der Waals surface area contributed by atoms with Crippen LogP contribution >= 0.6 is 11.3 Å². The van der Waals surface area contributed by atoms with Gasteiger partial charge >= 0.3 is 0 Å². The number of rotatable bonds is 5. The number of aryl methyl sites for hydroxylation is 3. The Labute approximate surface area is 236 Å². The lowest BCUT2D eigenvalue weighted by molar-refractivity contribution is 0.102. The van der Waals surface area contributed by atoms with Gasteiger partial charge in [0, 0.05) is 33.7 Å². The van der Waals surface area contributed by atoms with Crippen molar-refractivity contribution in [3.05, 3.63) is 98.7 Å². The molecular formula is C34H39N3OS. The molecule has 0 saturated carbocycles. The lowest BCUT2D eigenvalue weighted by Gasteiger charge is -2.33. The number of para-hydroxylation sites is 2. The monoisotopic (exact) mass is 537 g/mol. The number of nitrogens with one attached hydrogen (secondary N) is 1. The Kier molecular flexibility index (Phi) is 7.39. The number of benzene rings is 2. The predicted molar refractivity (Wildman–Crippen MR) is 166 cm³/mol. The van der Waals surface area contributed by atoms with E-state index < -0.39 is 0 Å². The summed E-state index contributed by atoms with van der Waals surface area (Å²) in [6, 6.07) is 18.3. The second-order valence-electron chi connectivity index (χ2n) is 12.0. The third-order valence-corrected chi connectivity index (χ3v) is 9.35. The molecule has 0 aliphatic heterocycles. The maximum absolute atomic E-state index is 13.7. The number of nitrogens with zero attached hydrogens (tertiary/aromatic N) is 2. The number of carbonyl (C=O) groups is 1. The molecular weight excluding hydrogens is 498 g/mol. The normalized spacial score (nSPS) is 15.5. The SMILES string of the molecule is Cc1cccc(C)c1-n1c(C)cc(C=Nc2sc3c(c2C(=O)Nc2ccccc2)CC[C@H](C(C)(C)C)C3)c1C. The Morgan fingerprint density at radius 3 is 2.38 bits per heavy atom. The van der Waals surface area contributed by atoms with Gasteiger partial charge in [-0.2, -0.15) is 0 Å². The van der Waals surface area contributed by atoms with Crippen LogP contribution in [0.2, 0.25) is 0 Å². The Hall–Kier alpha value is -3.44. The Balaban J connectivity index is 1.54. The van der Waals surface area contributed by atoms with Gasteiger partial charge in [-0.1, -0.05) is 57.2 Å². The van der Waals surface area contributed by atoms with Gasteiger partial charge in [0.1, 0.15) is 5.00 Å². The minimum atomic E-state index is -0.0685. The van der Waals surface area contributed by atoms with Crippen molar-refractivity contribution in [3.63, 3.8) is 0 Å². The topological polar surface area (TPSA) is 46.4 Å². The summed E-state index contributed by atoms with van der Waals surface area (Å²) in [4.78, 5) is 20.0. The second kappa shape index (κ2) is 10.6. The molecule has 1 amide bonds. The predicted octanol–water partition coefficient (Wildman–Crippen LogP) is 8.93. The Morgan fingerprint density at radius 2 is 1.72 bits per heavy atom. The number of hydrogen-bond acceptors (Lipinski definition) is 3. The van der Waals surface area contributed by atoms with Crippen LogP contribution in [0.1, 0.15) is 76.1 Å². The molecule has 0 spiro atoms. The largest absolute Gasteiger partial charge is 0.322 e. The summed E-state index contributed by atoms with van der Waals surface area (Å²) < 4.78 is 2.32. The van der Waals surface area contributed by atoms with E-state index in [1.807, 2.05) is 36.5 Å². The third kappa shape index (κ3) is 5.38. The van der Waals surface area contributed by atoms with Crippen molar-refractivity contribution in [2.45, 2.75) is 67.7 Å². The molecule has 0 fully saturated rings. The van der Waals surface area contributed by atoms with Crippen molar-refractivity contribution in [1.29, 1.82) is 0 Å². The summed E-state index contributed by atoms with van der Waals surface area (Å²) in [7, 11) is 0. The van der Waals surface area contributed by atoms with Gasteiger partial charge < -0.3 is 9.88 Å². The number of amides is 1. The summed E-state index contributed by atoms with van der Waals surface area (Å²) in [5.41, 5.74) is 10.1. The quantitative estimate of drug-likeness (QED) is 0.254. The molecule has 39 heavy (non-hydrogen) atoms. The zero-order valence-electron chi connectivity index (χ0n) is 24.2. The van der Waals surface area contributed by atoms with Gasteiger partial charge in [0.2, 0.25) is 0 Å². The zero-order valence-corrected chi connectivity index (χ0v) is 25.0. The highest BCUT2D eigenvalue weighted by Gasteiger charge is 2.33. The average molecular weight is 538 g/mol. The molecule has 5 rings (SSSR count). The molecule has 0 bridgehead atoms. The van der Waals surface area contributed by atoms with Crippen LogP contribution in [0, 0.1) is 39.0 Å². The molecule has 2 aromatic heterocycles. The van der Waals surface area contributed by atoms with Crippen LogP contribution < -0.4 is 5.32 Å². The first-order valence-electron chi connectivity index (χ1n) is 13.8. The van der Waals surface area contributed by atoms with E-state index in [-0.39, 0.29) is 11.3 Å². The highest BCUT2D eigenvalue weighted by molar-refractivity contribution is 7.16. The Bertz CT molecular complexity index is 1530. The molecule has 2 aromatic carbocycles. The fourth-order valence-corrected chi connectivity index (χ4v) is 7.17. The first kappa shape index (κ1) is 27.1. The van der Waals surface area contributed by atoms with Gasteiger partial charge in [0.15, 0.2) is 0 Å². The molecule has 1 aliphatic rings. The standard InChI is InChI=1S/C34H39N3OS/c1-21-12-11-13-22(2)31(21)37-23(3)18-25(24(37)4)20-35-33-30(32(38)36-27-14-9-8-10-15-27)28-17-16-26(34(5,6)7)19-29(28)39-33/h8-15,18,20,26H,16-17,19H2,1-7H3,(H,36,38)/t26-/m0/s1. The molecule has 4 aromatic rings. The van der Waals surface area contributed by atoms with Crippen molar-refractivity contribution in [2.24, 2.45) is 16.3 Å². The van der Waals surface area contributed by atoms with E-state index in [1.165, 1.54) is 32.9 Å². The summed E-state index contributed by atoms with van der Waals surface area (Å²) in [5, 5.41) is 3.93. The van der Waals surface area contributed by atoms with E-state index >= 15 is 0 Å². The van der Waals surface area contributed by atoms with Gasteiger partial charge in [-0.05, 0) is 93.2 Å². The summed E-state index contributed by atoms with van der Waals surface area (Å²) in [6.07, 6.45) is 4.97. The number of anilines is 1. The fourth-order valence-electron chi connectivity index (χ4n) is 5.90. The molecule has 2 heterocycles. The van der Waals surface area contributed by atoms with E-state index in [9.17, 15) is 4.79 Å². The van der Waals surface area contributed by atoms with Gasteiger partial charge in [-0.15, -0.1) is 11.3 Å². The summed E-state index contributed by atoms with van der Waals surface area (Å²) in [5.74, 6) is 0.530. The lowest BCUT2D eigenvalue weighted by atomic mass is 9.72.